The molecule has 0 bridgehead atoms. The quantitative estimate of drug-likeness (QED) is 0.0960. The van der Waals surface area contributed by atoms with Gasteiger partial charge >= 0.3 is 5.97 Å². The maximum absolute atomic E-state index is 13.2. The first-order valence-electron chi connectivity index (χ1n) is 14.0. The second-order valence-corrected chi connectivity index (χ2v) is 10.0. The van der Waals surface area contributed by atoms with Gasteiger partial charge in [0.25, 0.3) is 11.8 Å². The molecule has 43 heavy (non-hydrogen) atoms. The van der Waals surface area contributed by atoms with E-state index >= 15 is 0 Å². The first-order chi connectivity index (χ1) is 20.9. The van der Waals surface area contributed by atoms with Crippen LogP contribution < -0.4 is 20.1 Å². The third-order valence-electron chi connectivity index (χ3n) is 6.55. The van der Waals surface area contributed by atoms with Gasteiger partial charge in [-0.15, -0.1) is 11.6 Å². The van der Waals surface area contributed by atoms with E-state index < -0.39 is 5.97 Å². The van der Waals surface area contributed by atoms with Crippen LogP contribution in [0.25, 0.3) is 0 Å². The van der Waals surface area contributed by atoms with E-state index in [2.05, 4.69) is 10.6 Å². The van der Waals surface area contributed by atoms with E-state index in [1.54, 1.807) is 54.6 Å². The molecule has 0 radical (unpaired) electrons. The summed E-state index contributed by atoms with van der Waals surface area (Å²) < 4.78 is 11.8. The number of carbonyl (C=O) groups is 3. The largest absolute Gasteiger partial charge is 0.491 e. The maximum Gasteiger partial charge on any atom is 0.303 e. The average Bonchev–Trinajstić information content (AvgIpc) is 3.02. The monoisotopic (exact) mass is 600 g/mol. The number of anilines is 2. The number of amides is 2. The van der Waals surface area contributed by atoms with Crippen molar-refractivity contribution < 1.29 is 29.0 Å². The molecule has 0 aliphatic heterocycles. The van der Waals surface area contributed by atoms with Crippen molar-refractivity contribution in [2.24, 2.45) is 0 Å². The fourth-order valence-corrected chi connectivity index (χ4v) is 4.56. The number of hydrogen-bond donors (Lipinski definition) is 3. The van der Waals surface area contributed by atoms with E-state index in [4.69, 9.17) is 26.2 Å². The molecular formula is C34H33ClN2O6. The van der Waals surface area contributed by atoms with Crippen LogP contribution in [-0.2, 0) is 17.3 Å². The first-order valence-corrected chi connectivity index (χ1v) is 14.5. The Balaban J connectivity index is 1.39. The number of halogens is 1. The number of aliphatic carboxylic acids is 1. The van der Waals surface area contributed by atoms with E-state index in [0.717, 1.165) is 12.0 Å². The van der Waals surface area contributed by atoms with Gasteiger partial charge in [-0.1, -0.05) is 54.6 Å². The highest BCUT2D eigenvalue weighted by Crippen LogP contribution is 2.27. The number of unbranched alkanes of at least 4 members (excludes halogenated alkanes) is 2. The lowest BCUT2D eigenvalue weighted by molar-refractivity contribution is -0.137. The summed E-state index contributed by atoms with van der Waals surface area (Å²) in [6.07, 6.45) is 2.15. The Kier molecular flexibility index (Phi) is 11.6. The molecule has 0 aromatic heterocycles. The number of benzene rings is 4. The lowest BCUT2D eigenvalue weighted by Gasteiger charge is -2.15. The summed E-state index contributed by atoms with van der Waals surface area (Å²) in [6, 6.07) is 28.7. The summed E-state index contributed by atoms with van der Waals surface area (Å²) in [5.74, 6) is -0.508. The van der Waals surface area contributed by atoms with Crippen LogP contribution in [0.2, 0.25) is 0 Å². The summed E-state index contributed by atoms with van der Waals surface area (Å²) in [4.78, 5) is 37.1. The zero-order valence-corrected chi connectivity index (χ0v) is 24.3. The molecule has 0 spiro atoms. The van der Waals surface area contributed by atoms with Crippen molar-refractivity contribution in [3.8, 4) is 11.5 Å². The molecule has 0 aliphatic rings. The molecule has 4 aromatic carbocycles. The first kappa shape index (κ1) is 31.1. The number of hydrogen-bond acceptors (Lipinski definition) is 5. The number of alkyl halides is 1. The van der Waals surface area contributed by atoms with Crippen LogP contribution in [0.15, 0.2) is 97.1 Å². The number of nitrogens with one attached hydrogen (secondary N) is 2. The molecule has 9 heteroatoms. The maximum atomic E-state index is 13.2. The van der Waals surface area contributed by atoms with Gasteiger partial charge in [0.15, 0.2) is 0 Å². The number of para-hydroxylation sites is 3. The molecular weight excluding hydrogens is 568 g/mol. The molecule has 0 saturated heterocycles. The van der Waals surface area contributed by atoms with Gasteiger partial charge in [0.05, 0.1) is 17.9 Å². The fourth-order valence-electron chi connectivity index (χ4n) is 4.34. The summed E-state index contributed by atoms with van der Waals surface area (Å²) in [5.41, 5.74) is 3.27. The van der Waals surface area contributed by atoms with E-state index in [-0.39, 0.29) is 24.1 Å². The highest BCUT2D eigenvalue weighted by molar-refractivity contribution is 6.18. The van der Waals surface area contributed by atoms with Crippen molar-refractivity contribution in [2.75, 3.05) is 17.2 Å². The molecule has 4 aromatic rings. The standard InChI is InChI=1S/C34H33ClN2O6/c35-22-25-21-26(36-34(41)28-13-6-8-15-30(28)43-23-24-11-3-1-4-12-24)18-19-27(25)33(40)37-29-14-7-9-16-31(29)42-20-10-2-5-17-32(38)39/h1,3-4,6-9,11-16,18-19,21H,2,5,10,17,20,22-23H2,(H,36,41)(H,37,40)(H,38,39). The third-order valence-corrected chi connectivity index (χ3v) is 6.84. The van der Waals surface area contributed by atoms with Crippen molar-refractivity contribution in [3.05, 3.63) is 119 Å². The van der Waals surface area contributed by atoms with Crippen LogP contribution in [0.1, 0.15) is 57.5 Å². The summed E-state index contributed by atoms with van der Waals surface area (Å²) in [5, 5.41) is 14.5. The zero-order valence-electron chi connectivity index (χ0n) is 23.6. The molecule has 222 valence electrons. The van der Waals surface area contributed by atoms with E-state index in [1.807, 2.05) is 42.5 Å². The van der Waals surface area contributed by atoms with Crippen LogP contribution in [0.4, 0.5) is 11.4 Å². The minimum atomic E-state index is -0.810. The van der Waals surface area contributed by atoms with Crippen molar-refractivity contribution >= 4 is 40.8 Å². The van der Waals surface area contributed by atoms with Gasteiger partial charge in [0.2, 0.25) is 0 Å². The van der Waals surface area contributed by atoms with Crippen molar-refractivity contribution in [1.82, 2.24) is 0 Å². The molecule has 8 nitrogen and oxygen atoms in total. The lowest BCUT2D eigenvalue weighted by atomic mass is 10.1. The molecule has 0 saturated carbocycles. The Hall–Kier alpha value is -4.82. The van der Waals surface area contributed by atoms with Crippen LogP contribution in [-0.4, -0.2) is 29.5 Å². The molecule has 0 atom stereocenters. The summed E-state index contributed by atoms with van der Waals surface area (Å²) in [7, 11) is 0. The number of carboxylic acids is 1. The highest BCUT2D eigenvalue weighted by atomic mass is 35.5. The van der Waals surface area contributed by atoms with E-state index in [1.165, 1.54) is 0 Å². The number of ether oxygens (including phenoxy) is 2. The van der Waals surface area contributed by atoms with E-state index in [0.29, 0.717) is 65.6 Å². The smallest absolute Gasteiger partial charge is 0.303 e. The Bertz CT molecular complexity index is 1540. The minimum absolute atomic E-state index is 0.0533. The van der Waals surface area contributed by atoms with Gasteiger partial charge in [0, 0.05) is 23.6 Å². The van der Waals surface area contributed by atoms with Crippen LogP contribution in [0.5, 0.6) is 11.5 Å². The minimum Gasteiger partial charge on any atom is -0.491 e. The van der Waals surface area contributed by atoms with Gasteiger partial charge < -0.3 is 25.2 Å². The number of carboxylic acid groups (broad SMARTS) is 1. The van der Waals surface area contributed by atoms with Crippen molar-refractivity contribution in [3.63, 3.8) is 0 Å². The SMILES string of the molecule is O=C(O)CCCCCOc1ccccc1NC(=O)c1ccc(NC(=O)c2ccccc2OCc2ccccc2)cc1CCl. The van der Waals surface area contributed by atoms with Crippen LogP contribution >= 0.6 is 11.6 Å². The van der Waals surface area contributed by atoms with Crippen molar-refractivity contribution in [1.29, 1.82) is 0 Å². The average molecular weight is 601 g/mol. The predicted octanol–water partition coefficient (Wildman–Crippen LogP) is 7.53. The third kappa shape index (κ3) is 9.34. The lowest BCUT2D eigenvalue weighted by Crippen LogP contribution is -2.17. The van der Waals surface area contributed by atoms with Gasteiger partial charge in [-0.25, -0.2) is 0 Å². The number of carbonyl (C=O) groups excluding carboxylic acids is 2. The zero-order chi connectivity index (χ0) is 30.4. The fraction of sp³-hybridized carbons (Fsp3) is 0.206. The van der Waals surface area contributed by atoms with Gasteiger partial charge in [-0.3, -0.25) is 14.4 Å². The van der Waals surface area contributed by atoms with Crippen LogP contribution in [0.3, 0.4) is 0 Å². The van der Waals surface area contributed by atoms with Gasteiger partial charge in [-0.05, 0) is 72.9 Å². The summed E-state index contributed by atoms with van der Waals surface area (Å²) in [6.45, 7) is 0.723. The normalized spacial score (nSPS) is 10.5. The second-order valence-electron chi connectivity index (χ2n) is 9.73. The van der Waals surface area contributed by atoms with Crippen molar-refractivity contribution in [2.45, 2.75) is 38.2 Å². The molecule has 0 fully saturated rings. The molecule has 4 rings (SSSR count). The Morgan fingerprint density at radius 2 is 1.40 bits per heavy atom. The van der Waals surface area contributed by atoms with Gasteiger partial charge in [-0.2, -0.15) is 0 Å². The van der Waals surface area contributed by atoms with E-state index in [9.17, 15) is 14.4 Å². The Morgan fingerprint density at radius 1 is 0.698 bits per heavy atom. The molecule has 2 amide bonds. The predicted molar refractivity (Wildman–Crippen MR) is 167 cm³/mol. The molecule has 3 N–H and O–H groups in total. The Labute approximate surface area is 255 Å². The number of rotatable bonds is 15. The second kappa shape index (κ2) is 16.0. The van der Waals surface area contributed by atoms with Crippen LogP contribution in [0, 0.1) is 0 Å². The molecule has 0 unspecified atom stereocenters. The Morgan fingerprint density at radius 3 is 2.16 bits per heavy atom. The highest BCUT2D eigenvalue weighted by Gasteiger charge is 2.17. The topological polar surface area (TPSA) is 114 Å². The molecule has 0 aliphatic carbocycles. The summed E-state index contributed by atoms with van der Waals surface area (Å²) >= 11 is 6.22. The van der Waals surface area contributed by atoms with Gasteiger partial charge in [0.1, 0.15) is 18.1 Å². The molecule has 0 heterocycles.